The van der Waals surface area contributed by atoms with Crippen LogP contribution in [-0.2, 0) is 0 Å². The standard InChI is InChI=1S/C50H30N4OS/c1-3-14-31(15-4-1)33-18-11-19-34(28-33)35-20-12-22-37(29-35)48-52-45(47-46(53-48)40-25-8-10-27-42(40)56-47)36-21-13-23-38(30-36)49-51-44(32-16-5-2-6-17-32)43-39-24-7-9-26-41(39)55-50(43)54-49/h1-30H. The van der Waals surface area contributed by atoms with Crippen molar-refractivity contribution in [1.29, 1.82) is 0 Å². The van der Waals surface area contributed by atoms with Gasteiger partial charge in [0, 0.05) is 37.7 Å². The van der Waals surface area contributed by atoms with Crippen molar-refractivity contribution in [2.24, 2.45) is 0 Å². The third-order valence-electron chi connectivity index (χ3n) is 10.3. The number of furan rings is 1. The summed E-state index contributed by atoms with van der Waals surface area (Å²) in [5, 5.41) is 3.02. The van der Waals surface area contributed by atoms with Crippen LogP contribution in [0.25, 0.3) is 110 Å². The van der Waals surface area contributed by atoms with Gasteiger partial charge in [0.25, 0.3) is 0 Å². The number of aromatic nitrogens is 4. The molecule has 0 N–H and O–H groups in total. The molecule has 0 radical (unpaired) electrons. The highest BCUT2D eigenvalue weighted by Crippen LogP contribution is 2.41. The zero-order chi connectivity index (χ0) is 37.0. The van der Waals surface area contributed by atoms with Crippen molar-refractivity contribution in [1.82, 2.24) is 19.9 Å². The Morgan fingerprint density at radius 3 is 1.64 bits per heavy atom. The first kappa shape index (κ1) is 32.2. The first-order valence-electron chi connectivity index (χ1n) is 18.5. The maximum Gasteiger partial charge on any atom is 0.231 e. The van der Waals surface area contributed by atoms with E-state index in [1.165, 1.54) is 15.8 Å². The Bertz CT molecular complexity index is 3260. The van der Waals surface area contributed by atoms with Gasteiger partial charge in [0.1, 0.15) is 5.58 Å². The molecule has 7 aromatic carbocycles. The number of para-hydroxylation sites is 1. The number of hydrogen-bond acceptors (Lipinski definition) is 6. The summed E-state index contributed by atoms with van der Waals surface area (Å²) in [7, 11) is 0. The van der Waals surface area contributed by atoms with Crippen molar-refractivity contribution in [3.05, 3.63) is 182 Å². The quantitative estimate of drug-likeness (QED) is 0.170. The minimum atomic E-state index is 0.561. The molecule has 11 rings (SSSR count). The monoisotopic (exact) mass is 734 g/mol. The van der Waals surface area contributed by atoms with Gasteiger partial charge < -0.3 is 4.42 Å². The van der Waals surface area contributed by atoms with Crippen molar-refractivity contribution in [2.45, 2.75) is 0 Å². The van der Waals surface area contributed by atoms with Crippen molar-refractivity contribution < 1.29 is 4.42 Å². The summed E-state index contributed by atoms with van der Waals surface area (Å²) >= 11 is 1.72. The van der Waals surface area contributed by atoms with E-state index in [0.29, 0.717) is 17.4 Å². The van der Waals surface area contributed by atoms with Crippen LogP contribution in [0.3, 0.4) is 0 Å². The molecule has 56 heavy (non-hydrogen) atoms. The second-order valence-corrected chi connectivity index (χ2v) is 14.9. The van der Waals surface area contributed by atoms with E-state index in [0.717, 1.165) is 76.7 Å². The molecule has 0 saturated heterocycles. The molecule has 5 nitrogen and oxygen atoms in total. The summed E-state index contributed by atoms with van der Waals surface area (Å²) in [6.07, 6.45) is 0. The Labute approximate surface area is 326 Å². The van der Waals surface area contributed by atoms with Crippen molar-refractivity contribution >= 4 is 53.7 Å². The highest BCUT2D eigenvalue weighted by molar-refractivity contribution is 7.26. The van der Waals surface area contributed by atoms with Gasteiger partial charge in [0.05, 0.1) is 27.0 Å². The summed E-state index contributed by atoms with van der Waals surface area (Å²) in [6.45, 7) is 0. The Morgan fingerprint density at radius 2 is 0.893 bits per heavy atom. The molecule has 0 bridgehead atoms. The van der Waals surface area contributed by atoms with E-state index in [1.807, 2.05) is 42.5 Å². The molecule has 11 aromatic rings. The van der Waals surface area contributed by atoms with E-state index >= 15 is 0 Å². The average Bonchev–Trinajstić information content (AvgIpc) is 3.85. The summed E-state index contributed by atoms with van der Waals surface area (Å²) in [5.41, 5.74) is 12.4. The molecule has 0 aliphatic rings. The molecule has 0 aliphatic carbocycles. The second-order valence-electron chi connectivity index (χ2n) is 13.8. The molecule has 0 aliphatic heterocycles. The fourth-order valence-corrected chi connectivity index (χ4v) is 8.78. The number of rotatable bonds is 6. The Kier molecular flexibility index (Phi) is 7.60. The second kappa shape index (κ2) is 13.2. The Morgan fingerprint density at radius 1 is 0.375 bits per heavy atom. The van der Waals surface area contributed by atoms with Crippen LogP contribution in [0, 0.1) is 0 Å². The maximum atomic E-state index is 6.35. The molecular formula is C50H30N4OS. The zero-order valence-electron chi connectivity index (χ0n) is 29.9. The van der Waals surface area contributed by atoms with Crippen LogP contribution < -0.4 is 0 Å². The van der Waals surface area contributed by atoms with Crippen LogP contribution >= 0.6 is 11.3 Å². The number of benzene rings is 7. The molecule has 0 amide bonds. The molecule has 0 fully saturated rings. The van der Waals surface area contributed by atoms with Gasteiger partial charge in [0.2, 0.25) is 5.71 Å². The highest BCUT2D eigenvalue weighted by atomic mass is 32.1. The largest absolute Gasteiger partial charge is 0.438 e. The smallest absolute Gasteiger partial charge is 0.231 e. The summed E-state index contributed by atoms with van der Waals surface area (Å²) in [6, 6.07) is 62.8. The fraction of sp³-hybridized carbons (Fsp3) is 0. The molecule has 0 spiro atoms. The normalized spacial score (nSPS) is 11.6. The van der Waals surface area contributed by atoms with Crippen LogP contribution in [0.15, 0.2) is 186 Å². The molecule has 262 valence electrons. The van der Waals surface area contributed by atoms with Gasteiger partial charge in [-0.2, -0.15) is 4.98 Å². The predicted octanol–water partition coefficient (Wildman–Crippen LogP) is 13.5. The lowest BCUT2D eigenvalue weighted by atomic mass is 9.98. The van der Waals surface area contributed by atoms with Gasteiger partial charge >= 0.3 is 0 Å². The van der Waals surface area contributed by atoms with Crippen molar-refractivity contribution in [2.75, 3.05) is 0 Å². The van der Waals surface area contributed by atoms with Gasteiger partial charge in [-0.3, -0.25) is 0 Å². The fourth-order valence-electron chi connectivity index (χ4n) is 7.63. The molecule has 0 unspecified atom stereocenters. The van der Waals surface area contributed by atoms with E-state index < -0.39 is 0 Å². The Balaban J connectivity index is 1.07. The first-order valence-corrected chi connectivity index (χ1v) is 19.4. The summed E-state index contributed by atoms with van der Waals surface area (Å²) in [4.78, 5) is 20.9. The average molecular weight is 735 g/mol. The maximum absolute atomic E-state index is 6.35. The lowest BCUT2D eigenvalue weighted by Crippen LogP contribution is -1.96. The molecule has 6 heteroatoms. The number of hydrogen-bond donors (Lipinski definition) is 0. The van der Waals surface area contributed by atoms with E-state index in [4.69, 9.17) is 24.4 Å². The molecule has 0 atom stereocenters. The molecule has 4 aromatic heterocycles. The zero-order valence-corrected chi connectivity index (χ0v) is 30.7. The van der Waals surface area contributed by atoms with E-state index in [1.54, 1.807) is 11.3 Å². The third-order valence-corrected chi connectivity index (χ3v) is 11.5. The number of nitrogens with zero attached hydrogens (tertiary/aromatic N) is 4. The van der Waals surface area contributed by atoms with Crippen LogP contribution in [0.2, 0.25) is 0 Å². The van der Waals surface area contributed by atoms with Gasteiger partial charge in [-0.15, -0.1) is 11.3 Å². The van der Waals surface area contributed by atoms with Crippen molar-refractivity contribution in [3.63, 3.8) is 0 Å². The minimum Gasteiger partial charge on any atom is -0.438 e. The van der Waals surface area contributed by atoms with Crippen LogP contribution in [0.4, 0.5) is 0 Å². The number of thiophene rings is 1. The van der Waals surface area contributed by atoms with Gasteiger partial charge in [-0.25, -0.2) is 15.0 Å². The third kappa shape index (κ3) is 5.54. The van der Waals surface area contributed by atoms with E-state index in [-0.39, 0.29) is 0 Å². The van der Waals surface area contributed by atoms with Gasteiger partial charge in [-0.05, 0) is 52.6 Å². The number of fused-ring (bicyclic) bond motifs is 6. The van der Waals surface area contributed by atoms with E-state index in [2.05, 4.69) is 140 Å². The lowest BCUT2D eigenvalue weighted by molar-refractivity contribution is 0.653. The van der Waals surface area contributed by atoms with Crippen molar-refractivity contribution in [3.8, 4) is 67.5 Å². The van der Waals surface area contributed by atoms with Crippen LogP contribution in [-0.4, -0.2) is 19.9 Å². The predicted molar refractivity (Wildman–Crippen MR) is 230 cm³/mol. The SMILES string of the molecule is c1ccc(-c2cccc(-c3cccc(-c4nc(-c5cccc(-c6nc(-c7ccccc7)c7c(n6)oc6ccccc67)c5)c5sc6ccccc6c5n4)c3)c2)cc1. The van der Waals surface area contributed by atoms with Gasteiger partial charge in [0.15, 0.2) is 11.6 Å². The van der Waals surface area contributed by atoms with Gasteiger partial charge in [-0.1, -0.05) is 152 Å². The summed E-state index contributed by atoms with van der Waals surface area (Å²) < 4.78 is 8.56. The topological polar surface area (TPSA) is 64.7 Å². The molecule has 0 saturated carbocycles. The summed E-state index contributed by atoms with van der Waals surface area (Å²) in [5.74, 6) is 1.26. The van der Waals surface area contributed by atoms with Crippen LogP contribution in [0.5, 0.6) is 0 Å². The van der Waals surface area contributed by atoms with Crippen LogP contribution in [0.1, 0.15) is 0 Å². The molecular weight excluding hydrogens is 705 g/mol. The molecule has 4 heterocycles. The Hall–Kier alpha value is -7.28. The first-order chi connectivity index (χ1) is 27.7. The lowest BCUT2D eigenvalue weighted by Gasteiger charge is -2.11. The minimum absolute atomic E-state index is 0.561. The highest BCUT2D eigenvalue weighted by Gasteiger charge is 2.20. The van der Waals surface area contributed by atoms with E-state index in [9.17, 15) is 0 Å².